The van der Waals surface area contributed by atoms with Gasteiger partial charge in [0.15, 0.2) is 10.7 Å². The van der Waals surface area contributed by atoms with Crippen molar-refractivity contribution in [2.24, 2.45) is 0 Å². The van der Waals surface area contributed by atoms with E-state index in [2.05, 4.69) is 4.98 Å². The molecule has 0 aliphatic heterocycles. The van der Waals surface area contributed by atoms with Crippen molar-refractivity contribution in [3.63, 3.8) is 0 Å². The molecule has 20 heavy (non-hydrogen) atoms. The molecule has 5 heteroatoms. The molecule has 0 radical (unpaired) electrons. The zero-order valence-electron chi connectivity index (χ0n) is 10.4. The lowest BCUT2D eigenvalue weighted by Gasteiger charge is -1.93. The van der Waals surface area contributed by atoms with Crippen LogP contribution in [-0.2, 0) is 6.42 Å². The van der Waals surface area contributed by atoms with Crippen molar-refractivity contribution in [3.05, 3.63) is 58.7 Å². The van der Waals surface area contributed by atoms with E-state index in [0.717, 1.165) is 25.6 Å². The molecule has 0 aliphatic rings. The van der Waals surface area contributed by atoms with E-state index in [1.807, 2.05) is 52.5 Å². The quantitative estimate of drug-likeness (QED) is 0.535. The number of aromatic nitrogens is 2. The summed E-state index contributed by atoms with van der Waals surface area (Å²) in [5, 5.41) is 3.12. The highest BCUT2D eigenvalue weighted by atomic mass is 32.1. The van der Waals surface area contributed by atoms with E-state index in [1.54, 1.807) is 22.7 Å². The van der Waals surface area contributed by atoms with Gasteiger partial charge in [0.25, 0.3) is 0 Å². The third kappa shape index (κ3) is 1.95. The minimum atomic E-state index is 0.136. The molecule has 1 aromatic carbocycles. The number of carbonyl (C=O) groups excluding carboxylic acids is 1. The average Bonchev–Trinajstić information content (AvgIpc) is 3.10. The predicted molar refractivity (Wildman–Crippen MR) is 82.9 cm³/mol. The summed E-state index contributed by atoms with van der Waals surface area (Å²) in [5.41, 5.74) is 0.833. The van der Waals surface area contributed by atoms with E-state index >= 15 is 0 Å². The van der Waals surface area contributed by atoms with Crippen LogP contribution < -0.4 is 0 Å². The van der Waals surface area contributed by atoms with Crippen LogP contribution in [0.2, 0.25) is 0 Å². The van der Waals surface area contributed by atoms with E-state index in [0.29, 0.717) is 6.42 Å². The van der Waals surface area contributed by atoms with Crippen molar-refractivity contribution in [2.75, 3.05) is 0 Å². The van der Waals surface area contributed by atoms with Crippen LogP contribution in [-0.4, -0.2) is 15.2 Å². The molecule has 0 saturated heterocycles. The van der Waals surface area contributed by atoms with Crippen molar-refractivity contribution in [1.82, 2.24) is 9.38 Å². The third-order valence-corrected chi connectivity index (χ3v) is 5.11. The molecule has 0 saturated carbocycles. The highest BCUT2D eigenvalue weighted by molar-refractivity contribution is 7.20. The fraction of sp³-hybridized carbons (Fsp3) is 0.0667. The average molecular weight is 298 g/mol. The van der Waals surface area contributed by atoms with E-state index < -0.39 is 0 Å². The highest BCUT2D eigenvalue weighted by Crippen LogP contribution is 2.26. The zero-order chi connectivity index (χ0) is 13.5. The van der Waals surface area contributed by atoms with E-state index in [1.165, 1.54) is 0 Å². The van der Waals surface area contributed by atoms with Gasteiger partial charge in [-0.15, -0.1) is 22.7 Å². The second-order valence-corrected chi connectivity index (χ2v) is 6.53. The van der Waals surface area contributed by atoms with Gasteiger partial charge in [0, 0.05) is 22.5 Å². The van der Waals surface area contributed by atoms with Gasteiger partial charge in [-0.25, -0.2) is 4.98 Å². The maximum atomic E-state index is 12.3. The lowest BCUT2D eigenvalue weighted by atomic mass is 10.2. The van der Waals surface area contributed by atoms with Gasteiger partial charge in [-0.1, -0.05) is 18.2 Å². The molecule has 0 N–H and O–H groups in total. The van der Waals surface area contributed by atoms with Crippen LogP contribution in [0.1, 0.15) is 15.4 Å². The number of hydrogen-bond acceptors (Lipinski definition) is 4. The van der Waals surface area contributed by atoms with Crippen LogP contribution in [0.25, 0.3) is 15.0 Å². The van der Waals surface area contributed by atoms with Crippen LogP contribution in [0.3, 0.4) is 0 Å². The molecule has 98 valence electrons. The Kier molecular flexibility index (Phi) is 2.68. The fourth-order valence-corrected chi connectivity index (χ4v) is 3.95. The summed E-state index contributed by atoms with van der Waals surface area (Å²) in [7, 11) is 0. The number of Topliss-reactive ketones (excluding diaryl/α,β-unsaturated/α-hetero) is 1. The minimum absolute atomic E-state index is 0.136. The number of imidazole rings is 1. The Morgan fingerprint density at radius 2 is 2.20 bits per heavy atom. The number of fused-ring (bicyclic) bond motifs is 2. The zero-order valence-corrected chi connectivity index (χ0v) is 12.1. The topological polar surface area (TPSA) is 34.4 Å². The van der Waals surface area contributed by atoms with Crippen molar-refractivity contribution < 1.29 is 4.79 Å². The maximum Gasteiger partial charge on any atom is 0.193 e. The van der Waals surface area contributed by atoms with E-state index in [4.69, 9.17) is 0 Å². The standard InChI is InChI=1S/C15H10N2OS2/c18-12(8-11-9-17-5-6-19-15(17)16-11)14-7-10-3-1-2-4-13(10)20-14/h1-7,9H,8H2. The molecular weight excluding hydrogens is 288 g/mol. The monoisotopic (exact) mass is 298 g/mol. The van der Waals surface area contributed by atoms with Crippen LogP contribution in [0, 0.1) is 0 Å². The van der Waals surface area contributed by atoms with Gasteiger partial charge < -0.3 is 0 Å². The molecular formula is C15H10N2OS2. The molecule has 0 amide bonds. The largest absolute Gasteiger partial charge is 0.297 e. The molecule has 0 spiro atoms. The second-order valence-electron chi connectivity index (χ2n) is 4.57. The summed E-state index contributed by atoms with van der Waals surface area (Å²) in [6.45, 7) is 0. The van der Waals surface area contributed by atoms with E-state index in [-0.39, 0.29) is 5.78 Å². The summed E-state index contributed by atoms with van der Waals surface area (Å²) in [4.78, 5) is 18.5. The number of benzene rings is 1. The summed E-state index contributed by atoms with van der Waals surface area (Å²) in [6, 6.07) is 10.0. The van der Waals surface area contributed by atoms with Crippen LogP contribution in [0.4, 0.5) is 0 Å². The van der Waals surface area contributed by atoms with Crippen molar-refractivity contribution in [1.29, 1.82) is 0 Å². The first-order valence-corrected chi connectivity index (χ1v) is 7.92. The first-order chi connectivity index (χ1) is 9.79. The highest BCUT2D eigenvalue weighted by Gasteiger charge is 2.13. The Hall–Kier alpha value is -1.98. The number of carbonyl (C=O) groups is 1. The maximum absolute atomic E-state index is 12.3. The first-order valence-electron chi connectivity index (χ1n) is 6.22. The molecule has 3 aromatic heterocycles. The molecule has 3 heterocycles. The summed E-state index contributed by atoms with van der Waals surface area (Å²) < 4.78 is 3.11. The lowest BCUT2D eigenvalue weighted by Crippen LogP contribution is -2.01. The number of ketones is 1. The molecule has 3 nitrogen and oxygen atoms in total. The number of thiophene rings is 1. The molecule has 0 aliphatic carbocycles. The van der Waals surface area contributed by atoms with E-state index in [9.17, 15) is 4.79 Å². The van der Waals surface area contributed by atoms with Gasteiger partial charge in [0.05, 0.1) is 17.0 Å². The molecule has 0 bridgehead atoms. The third-order valence-electron chi connectivity index (χ3n) is 3.19. The van der Waals surface area contributed by atoms with Gasteiger partial charge in [0.2, 0.25) is 0 Å². The van der Waals surface area contributed by atoms with Gasteiger partial charge in [0.1, 0.15) is 0 Å². The number of thiazole rings is 1. The molecule has 0 atom stereocenters. The van der Waals surface area contributed by atoms with Crippen LogP contribution in [0.15, 0.2) is 48.1 Å². The number of rotatable bonds is 3. The Bertz CT molecular complexity index is 855. The van der Waals surface area contributed by atoms with Gasteiger partial charge in [-0.2, -0.15) is 0 Å². The lowest BCUT2D eigenvalue weighted by molar-refractivity contribution is 0.0996. The predicted octanol–water partition coefficient (Wildman–Crippen LogP) is 4.04. The Labute approximate surface area is 123 Å². The smallest absolute Gasteiger partial charge is 0.193 e. The molecule has 0 unspecified atom stereocenters. The van der Waals surface area contributed by atoms with Gasteiger partial charge in [-0.05, 0) is 17.5 Å². The van der Waals surface area contributed by atoms with Crippen LogP contribution in [0.5, 0.6) is 0 Å². The summed E-state index contributed by atoms with van der Waals surface area (Å²) in [5.74, 6) is 0.136. The Balaban J connectivity index is 1.64. The Morgan fingerprint density at radius 1 is 1.30 bits per heavy atom. The molecule has 4 rings (SSSR count). The second kappa shape index (κ2) is 4.54. The number of nitrogens with zero attached hydrogens (tertiary/aromatic N) is 2. The minimum Gasteiger partial charge on any atom is -0.297 e. The normalized spacial score (nSPS) is 11.4. The van der Waals surface area contributed by atoms with Crippen LogP contribution >= 0.6 is 22.7 Å². The van der Waals surface area contributed by atoms with Gasteiger partial charge >= 0.3 is 0 Å². The van der Waals surface area contributed by atoms with Crippen molar-refractivity contribution >= 4 is 43.5 Å². The van der Waals surface area contributed by atoms with Crippen molar-refractivity contribution in [3.8, 4) is 0 Å². The molecule has 4 aromatic rings. The summed E-state index contributed by atoms with van der Waals surface area (Å²) in [6.07, 6.45) is 4.25. The first kappa shape index (κ1) is 11.8. The van der Waals surface area contributed by atoms with Gasteiger partial charge in [-0.3, -0.25) is 9.20 Å². The summed E-state index contributed by atoms with van der Waals surface area (Å²) >= 11 is 3.13. The van der Waals surface area contributed by atoms with Crippen molar-refractivity contribution in [2.45, 2.75) is 6.42 Å². The Morgan fingerprint density at radius 3 is 3.05 bits per heavy atom. The molecule has 0 fully saturated rings. The number of hydrogen-bond donors (Lipinski definition) is 0. The fourth-order valence-electron chi connectivity index (χ4n) is 2.23. The SMILES string of the molecule is O=C(Cc1cn2ccsc2n1)c1cc2ccccc2s1.